The molecule has 178 valence electrons. The van der Waals surface area contributed by atoms with E-state index in [1.165, 1.54) is 4.31 Å². The van der Waals surface area contributed by atoms with Gasteiger partial charge in [0, 0.05) is 32.1 Å². The molecule has 2 aromatic rings. The van der Waals surface area contributed by atoms with Gasteiger partial charge < -0.3 is 5.32 Å². The van der Waals surface area contributed by atoms with Gasteiger partial charge in [-0.3, -0.25) is 4.79 Å². The molecule has 0 aromatic heterocycles. The maximum absolute atomic E-state index is 12.6. The number of aryl methyl sites for hydroxylation is 1. The Morgan fingerprint density at radius 3 is 2.03 bits per heavy atom. The van der Waals surface area contributed by atoms with Gasteiger partial charge in [0.25, 0.3) is 0 Å². The average Bonchev–Trinajstić information content (AvgIpc) is 3.42. The Morgan fingerprint density at radius 1 is 0.848 bits per heavy atom. The van der Waals surface area contributed by atoms with E-state index in [1.807, 2.05) is 0 Å². The van der Waals surface area contributed by atoms with E-state index in [1.54, 1.807) is 48.5 Å². The van der Waals surface area contributed by atoms with Crippen molar-refractivity contribution in [3.8, 4) is 0 Å². The minimum atomic E-state index is -3.47. The Morgan fingerprint density at radius 2 is 1.42 bits per heavy atom. The van der Waals surface area contributed by atoms with Gasteiger partial charge in [-0.05, 0) is 67.5 Å². The van der Waals surface area contributed by atoms with E-state index in [0.717, 1.165) is 36.8 Å². The van der Waals surface area contributed by atoms with Crippen LogP contribution >= 0.6 is 0 Å². The van der Waals surface area contributed by atoms with Crippen molar-refractivity contribution >= 4 is 26.0 Å². The minimum absolute atomic E-state index is 0.0593. The molecule has 1 saturated carbocycles. The van der Waals surface area contributed by atoms with Gasteiger partial charge in [0.2, 0.25) is 26.0 Å². The van der Waals surface area contributed by atoms with Gasteiger partial charge in [0.15, 0.2) is 0 Å². The molecule has 1 amide bonds. The van der Waals surface area contributed by atoms with Crippen molar-refractivity contribution < 1.29 is 21.6 Å². The first kappa shape index (κ1) is 23.9. The Kier molecular flexibility index (Phi) is 7.18. The summed E-state index contributed by atoms with van der Waals surface area (Å²) < 4.78 is 53.7. The lowest BCUT2D eigenvalue weighted by Gasteiger charge is -2.15. The predicted molar refractivity (Wildman–Crippen MR) is 124 cm³/mol. The Balaban J connectivity index is 1.24. The molecule has 1 saturated heterocycles. The van der Waals surface area contributed by atoms with Crippen molar-refractivity contribution in [3.05, 3.63) is 59.7 Å². The summed E-state index contributed by atoms with van der Waals surface area (Å²) in [5.74, 6) is -0.129. The fourth-order valence-corrected chi connectivity index (χ4v) is 6.55. The van der Waals surface area contributed by atoms with E-state index in [-0.39, 0.29) is 28.2 Å². The molecule has 8 nitrogen and oxygen atoms in total. The first-order valence-electron chi connectivity index (χ1n) is 11.2. The number of carbonyl (C=O) groups is 1. The van der Waals surface area contributed by atoms with Gasteiger partial charge in [-0.25, -0.2) is 21.6 Å². The van der Waals surface area contributed by atoms with Gasteiger partial charge >= 0.3 is 0 Å². The van der Waals surface area contributed by atoms with Crippen molar-refractivity contribution in [2.45, 2.75) is 60.9 Å². The molecule has 33 heavy (non-hydrogen) atoms. The summed E-state index contributed by atoms with van der Waals surface area (Å²) in [4.78, 5) is 12.7. The van der Waals surface area contributed by atoms with E-state index >= 15 is 0 Å². The summed E-state index contributed by atoms with van der Waals surface area (Å²) >= 11 is 0. The standard InChI is InChI=1S/C23H29N3O5S2/c27-23(14-7-18-3-10-21(11-4-18)32(28,29)25-20-8-9-20)24-17-19-5-12-22(13-6-19)33(30,31)26-15-1-2-16-26/h3-6,10-13,20,25H,1-2,7-9,14-17H2,(H,24,27). The molecular weight excluding hydrogens is 462 g/mol. The minimum Gasteiger partial charge on any atom is -0.352 e. The van der Waals surface area contributed by atoms with E-state index in [0.29, 0.717) is 26.1 Å². The molecule has 1 aliphatic heterocycles. The van der Waals surface area contributed by atoms with Crippen molar-refractivity contribution in [2.75, 3.05) is 13.1 Å². The number of sulfonamides is 2. The predicted octanol–water partition coefficient (Wildman–Crippen LogP) is 2.16. The van der Waals surface area contributed by atoms with Crippen LogP contribution in [0.15, 0.2) is 58.3 Å². The molecule has 0 bridgehead atoms. The second-order valence-corrected chi connectivity index (χ2v) is 12.2. The van der Waals surface area contributed by atoms with Gasteiger partial charge in [-0.2, -0.15) is 4.31 Å². The molecule has 0 atom stereocenters. The lowest BCUT2D eigenvalue weighted by Crippen LogP contribution is -2.28. The van der Waals surface area contributed by atoms with Crippen LogP contribution in [0.1, 0.15) is 43.2 Å². The lowest BCUT2D eigenvalue weighted by atomic mass is 10.1. The summed E-state index contributed by atoms with van der Waals surface area (Å²) in [6.07, 6.45) is 4.32. The van der Waals surface area contributed by atoms with Gasteiger partial charge in [-0.1, -0.05) is 24.3 Å². The van der Waals surface area contributed by atoms with Crippen LogP contribution in [0.5, 0.6) is 0 Å². The summed E-state index contributed by atoms with van der Waals surface area (Å²) in [6, 6.07) is 13.3. The quantitative estimate of drug-likeness (QED) is 0.529. The van der Waals surface area contributed by atoms with Gasteiger partial charge in [0.05, 0.1) is 9.79 Å². The monoisotopic (exact) mass is 491 g/mol. The number of nitrogens with zero attached hydrogens (tertiary/aromatic N) is 1. The second kappa shape index (κ2) is 9.92. The average molecular weight is 492 g/mol. The Labute approximate surface area is 195 Å². The van der Waals surface area contributed by atoms with Crippen LogP contribution in [0.2, 0.25) is 0 Å². The molecule has 1 aliphatic carbocycles. The number of carbonyl (C=O) groups excluding carboxylic acids is 1. The molecule has 0 unspecified atom stereocenters. The highest BCUT2D eigenvalue weighted by Crippen LogP contribution is 2.23. The molecule has 4 rings (SSSR count). The number of nitrogens with one attached hydrogen (secondary N) is 2. The Hall–Kier alpha value is -2.27. The fraction of sp³-hybridized carbons (Fsp3) is 0.435. The molecular formula is C23H29N3O5S2. The molecule has 0 radical (unpaired) electrons. The van der Waals surface area contributed by atoms with E-state index < -0.39 is 20.0 Å². The maximum Gasteiger partial charge on any atom is 0.243 e. The number of hydrogen-bond acceptors (Lipinski definition) is 5. The highest BCUT2D eigenvalue weighted by molar-refractivity contribution is 7.89. The van der Waals surface area contributed by atoms with Crippen LogP contribution in [-0.4, -0.2) is 46.2 Å². The van der Waals surface area contributed by atoms with Crippen LogP contribution in [0, 0.1) is 0 Å². The van der Waals surface area contributed by atoms with E-state index in [2.05, 4.69) is 10.0 Å². The van der Waals surface area contributed by atoms with Gasteiger partial charge in [-0.15, -0.1) is 0 Å². The van der Waals surface area contributed by atoms with Crippen LogP contribution in [0.3, 0.4) is 0 Å². The second-order valence-electron chi connectivity index (χ2n) is 8.57. The summed E-state index contributed by atoms with van der Waals surface area (Å²) in [7, 11) is -6.91. The van der Waals surface area contributed by atoms with Crippen LogP contribution in [0.4, 0.5) is 0 Å². The van der Waals surface area contributed by atoms with Gasteiger partial charge in [0.1, 0.15) is 0 Å². The number of hydrogen-bond donors (Lipinski definition) is 2. The van der Waals surface area contributed by atoms with Crippen molar-refractivity contribution in [1.29, 1.82) is 0 Å². The maximum atomic E-state index is 12.6. The van der Waals surface area contributed by atoms with Crippen LogP contribution in [0.25, 0.3) is 0 Å². The first-order chi connectivity index (χ1) is 15.7. The first-order valence-corrected chi connectivity index (χ1v) is 14.1. The zero-order valence-corrected chi connectivity index (χ0v) is 20.0. The number of benzene rings is 2. The molecule has 10 heteroatoms. The molecule has 0 spiro atoms. The van der Waals surface area contributed by atoms with E-state index in [9.17, 15) is 21.6 Å². The van der Waals surface area contributed by atoms with Crippen molar-refractivity contribution in [1.82, 2.24) is 14.3 Å². The van der Waals surface area contributed by atoms with Crippen molar-refractivity contribution in [2.24, 2.45) is 0 Å². The third kappa shape index (κ3) is 6.20. The normalized spacial score (nSPS) is 17.2. The van der Waals surface area contributed by atoms with E-state index in [4.69, 9.17) is 0 Å². The largest absolute Gasteiger partial charge is 0.352 e. The van der Waals surface area contributed by atoms with Crippen LogP contribution < -0.4 is 10.0 Å². The molecule has 2 fully saturated rings. The Bertz CT molecular complexity index is 1180. The lowest BCUT2D eigenvalue weighted by molar-refractivity contribution is -0.121. The highest BCUT2D eigenvalue weighted by atomic mass is 32.2. The third-order valence-corrected chi connectivity index (χ3v) is 9.34. The fourth-order valence-electron chi connectivity index (χ4n) is 3.73. The molecule has 2 aliphatic rings. The van der Waals surface area contributed by atoms with Crippen LogP contribution in [-0.2, 0) is 37.8 Å². The zero-order chi connectivity index (χ0) is 23.5. The summed E-state index contributed by atoms with van der Waals surface area (Å²) in [6.45, 7) is 1.44. The number of amides is 1. The molecule has 2 N–H and O–H groups in total. The zero-order valence-electron chi connectivity index (χ0n) is 18.4. The summed E-state index contributed by atoms with van der Waals surface area (Å²) in [5.41, 5.74) is 1.70. The summed E-state index contributed by atoms with van der Waals surface area (Å²) in [5, 5.41) is 2.84. The molecule has 2 aromatic carbocycles. The topological polar surface area (TPSA) is 113 Å². The van der Waals surface area contributed by atoms with Crippen molar-refractivity contribution in [3.63, 3.8) is 0 Å². The molecule has 1 heterocycles. The number of rotatable bonds is 10. The third-order valence-electron chi connectivity index (χ3n) is 5.89. The highest BCUT2D eigenvalue weighted by Gasteiger charge is 2.28. The smallest absolute Gasteiger partial charge is 0.243 e. The SMILES string of the molecule is O=C(CCc1ccc(S(=O)(=O)NC2CC2)cc1)NCc1ccc(S(=O)(=O)N2CCCC2)cc1.